The lowest BCUT2D eigenvalue weighted by Crippen LogP contribution is -2.14. The first-order valence-electron chi connectivity index (χ1n) is 4.57. The number of aromatic nitrogens is 2. The van der Waals surface area contributed by atoms with Crippen molar-refractivity contribution in [2.45, 2.75) is 6.54 Å². The Morgan fingerprint density at radius 3 is 3.07 bits per heavy atom. The van der Waals surface area contributed by atoms with Gasteiger partial charge < -0.3 is 5.32 Å². The van der Waals surface area contributed by atoms with E-state index in [0.29, 0.717) is 0 Å². The van der Waals surface area contributed by atoms with Crippen molar-refractivity contribution in [1.29, 1.82) is 0 Å². The number of likely N-dealkylation sites (N-methyl/N-ethyl adjacent to an activating group) is 1. The van der Waals surface area contributed by atoms with Crippen molar-refractivity contribution in [3.8, 4) is 0 Å². The van der Waals surface area contributed by atoms with E-state index in [2.05, 4.69) is 38.6 Å². The van der Waals surface area contributed by atoms with Gasteiger partial charge in [-0.25, -0.2) is 0 Å². The quantitative estimate of drug-likeness (QED) is 0.908. The van der Waals surface area contributed by atoms with Crippen LogP contribution in [0.15, 0.2) is 28.9 Å². The minimum atomic E-state index is 0.900. The molecule has 0 atom stereocenters. The molecule has 0 fully saturated rings. The number of fused-ring (bicyclic) bond motifs is 1. The molecule has 1 aromatic carbocycles. The van der Waals surface area contributed by atoms with E-state index in [1.807, 2.05) is 23.9 Å². The normalized spacial score (nSPS) is 11.0. The Kier molecular flexibility index (Phi) is 2.84. The number of hydrogen-bond donors (Lipinski definition) is 1. The van der Waals surface area contributed by atoms with Gasteiger partial charge >= 0.3 is 0 Å². The predicted octanol–water partition coefficient (Wildman–Crippen LogP) is 2.02. The molecule has 0 saturated heterocycles. The van der Waals surface area contributed by atoms with Gasteiger partial charge in [0.1, 0.15) is 5.52 Å². The highest BCUT2D eigenvalue weighted by atomic mass is 79.9. The molecule has 0 amide bonds. The Bertz CT molecular complexity index is 436. The molecule has 0 unspecified atom stereocenters. The van der Waals surface area contributed by atoms with E-state index in [1.54, 1.807) is 0 Å². The van der Waals surface area contributed by atoms with Crippen molar-refractivity contribution in [2.75, 3.05) is 13.6 Å². The second kappa shape index (κ2) is 4.11. The molecule has 2 rings (SSSR count). The minimum absolute atomic E-state index is 0.900. The Morgan fingerprint density at radius 2 is 2.36 bits per heavy atom. The van der Waals surface area contributed by atoms with Gasteiger partial charge in [-0.3, -0.25) is 4.68 Å². The third kappa shape index (κ3) is 1.81. The molecule has 0 saturated carbocycles. The average molecular weight is 254 g/mol. The van der Waals surface area contributed by atoms with Gasteiger partial charge in [0.25, 0.3) is 0 Å². The lowest BCUT2D eigenvalue weighted by molar-refractivity contribution is 0.589. The first-order chi connectivity index (χ1) is 6.81. The number of hydrogen-bond acceptors (Lipinski definition) is 2. The number of rotatable bonds is 3. The zero-order chi connectivity index (χ0) is 9.97. The summed E-state index contributed by atoms with van der Waals surface area (Å²) in [5, 5.41) is 8.76. The van der Waals surface area contributed by atoms with Gasteiger partial charge in [-0.15, -0.1) is 0 Å². The average Bonchev–Trinajstić information content (AvgIpc) is 2.59. The maximum absolute atomic E-state index is 4.48. The predicted molar refractivity (Wildman–Crippen MR) is 61.4 cm³/mol. The van der Waals surface area contributed by atoms with Crippen LogP contribution in [0.3, 0.4) is 0 Å². The van der Waals surface area contributed by atoms with Crippen molar-refractivity contribution in [3.05, 3.63) is 28.9 Å². The third-order valence-corrected chi connectivity index (χ3v) is 2.77. The summed E-state index contributed by atoms with van der Waals surface area (Å²) in [4.78, 5) is 0. The topological polar surface area (TPSA) is 29.9 Å². The van der Waals surface area contributed by atoms with Crippen LogP contribution in [0, 0.1) is 0 Å². The molecule has 0 spiro atoms. The molecule has 1 heterocycles. The first kappa shape index (κ1) is 9.68. The van der Waals surface area contributed by atoms with Crippen molar-refractivity contribution < 1.29 is 0 Å². The standard InChI is InChI=1S/C10H12BrN3/c1-12-5-6-14-7-8-3-2-4-9(11)10(8)13-14/h2-4,7,12H,5-6H2,1H3. The first-order valence-corrected chi connectivity index (χ1v) is 5.37. The van der Waals surface area contributed by atoms with Crippen LogP contribution < -0.4 is 5.32 Å². The summed E-state index contributed by atoms with van der Waals surface area (Å²) in [6.45, 7) is 1.84. The molecular formula is C10H12BrN3. The van der Waals surface area contributed by atoms with Gasteiger partial charge in [0.15, 0.2) is 0 Å². The largest absolute Gasteiger partial charge is 0.318 e. The van der Waals surface area contributed by atoms with Crippen LogP contribution in [0.5, 0.6) is 0 Å². The molecule has 14 heavy (non-hydrogen) atoms. The number of nitrogens with zero attached hydrogens (tertiary/aromatic N) is 2. The molecular weight excluding hydrogens is 242 g/mol. The summed E-state index contributed by atoms with van der Waals surface area (Å²) in [5.74, 6) is 0. The zero-order valence-corrected chi connectivity index (χ0v) is 9.58. The second-order valence-electron chi connectivity index (χ2n) is 3.17. The summed E-state index contributed by atoms with van der Waals surface area (Å²) in [7, 11) is 1.94. The highest BCUT2D eigenvalue weighted by Crippen LogP contribution is 2.21. The van der Waals surface area contributed by atoms with Crippen LogP contribution >= 0.6 is 15.9 Å². The van der Waals surface area contributed by atoms with Gasteiger partial charge in [-0.1, -0.05) is 12.1 Å². The van der Waals surface area contributed by atoms with Gasteiger partial charge in [0.2, 0.25) is 0 Å². The highest BCUT2D eigenvalue weighted by Gasteiger charge is 2.02. The summed E-state index contributed by atoms with van der Waals surface area (Å²) in [6.07, 6.45) is 2.07. The molecule has 3 nitrogen and oxygen atoms in total. The summed E-state index contributed by atoms with van der Waals surface area (Å²) in [5.41, 5.74) is 1.03. The van der Waals surface area contributed by atoms with Crippen molar-refractivity contribution in [3.63, 3.8) is 0 Å². The Morgan fingerprint density at radius 1 is 1.50 bits per heavy atom. The molecule has 0 aliphatic rings. The number of nitrogens with one attached hydrogen (secondary N) is 1. The fraction of sp³-hybridized carbons (Fsp3) is 0.300. The molecule has 4 heteroatoms. The van der Waals surface area contributed by atoms with Crippen molar-refractivity contribution >= 4 is 26.8 Å². The summed E-state index contributed by atoms with van der Waals surface area (Å²) < 4.78 is 3.02. The lowest BCUT2D eigenvalue weighted by Gasteiger charge is -1.98. The van der Waals surface area contributed by atoms with E-state index in [-0.39, 0.29) is 0 Å². The lowest BCUT2D eigenvalue weighted by atomic mass is 10.3. The number of benzene rings is 1. The van der Waals surface area contributed by atoms with Gasteiger partial charge in [0.05, 0.1) is 6.54 Å². The zero-order valence-electron chi connectivity index (χ0n) is 8.00. The molecule has 1 aromatic heterocycles. The maximum Gasteiger partial charge on any atom is 0.106 e. The van der Waals surface area contributed by atoms with Gasteiger partial charge in [-0.05, 0) is 29.0 Å². The Hall–Kier alpha value is -0.870. The second-order valence-corrected chi connectivity index (χ2v) is 4.03. The molecule has 0 radical (unpaired) electrons. The van der Waals surface area contributed by atoms with E-state index in [0.717, 1.165) is 23.1 Å². The molecule has 0 aliphatic carbocycles. The molecule has 0 aliphatic heterocycles. The van der Waals surface area contributed by atoms with Crippen LogP contribution in [0.2, 0.25) is 0 Å². The highest BCUT2D eigenvalue weighted by molar-refractivity contribution is 9.10. The van der Waals surface area contributed by atoms with E-state index < -0.39 is 0 Å². The third-order valence-electron chi connectivity index (χ3n) is 2.13. The van der Waals surface area contributed by atoms with Crippen LogP contribution in [0.4, 0.5) is 0 Å². The Labute approximate surface area is 91.2 Å². The van der Waals surface area contributed by atoms with Crippen LogP contribution in [-0.4, -0.2) is 23.4 Å². The summed E-state index contributed by atoms with van der Waals surface area (Å²) >= 11 is 3.49. The SMILES string of the molecule is CNCCn1cc2cccc(Br)c2n1. The van der Waals surface area contributed by atoms with Gasteiger partial charge in [-0.2, -0.15) is 5.10 Å². The molecule has 1 N–H and O–H groups in total. The number of halogens is 1. The molecule has 2 aromatic rings. The van der Waals surface area contributed by atoms with E-state index in [4.69, 9.17) is 0 Å². The van der Waals surface area contributed by atoms with E-state index >= 15 is 0 Å². The molecule has 74 valence electrons. The molecule has 0 bridgehead atoms. The van der Waals surface area contributed by atoms with Gasteiger partial charge in [0, 0.05) is 22.6 Å². The summed E-state index contributed by atoms with van der Waals surface area (Å²) in [6, 6.07) is 6.11. The van der Waals surface area contributed by atoms with Crippen LogP contribution in [0.1, 0.15) is 0 Å². The van der Waals surface area contributed by atoms with Crippen molar-refractivity contribution in [1.82, 2.24) is 15.1 Å². The fourth-order valence-electron chi connectivity index (χ4n) is 1.40. The fourth-order valence-corrected chi connectivity index (χ4v) is 1.86. The van der Waals surface area contributed by atoms with Crippen LogP contribution in [0.25, 0.3) is 10.9 Å². The van der Waals surface area contributed by atoms with Crippen molar-refractivity contribution in [2.24, 2.45) is 0 Å². The monoisotopic (exact) mass is 253 g/mol. The maximum atomic E-state index is 4.48. The smallest absolute Gasteiger partial charge is 0.106 e. The van der Waals surface area contributed by atoms with E-state index in [1.165, 1.54) is 5.39 Å². The van der Waals surface area contributed by atoms with Crippen LogP contribution in [-0.2, 0) is 6.54 Å². The van der Waals surface area contributed by atoms with E-state index in [9.17, 15) is 0 Å². The Balaban J connectivity index is 2.36. The minimum Gasteiger partial charge on any atom is -0.318 e.